The summed E-state index contributed by atoms with van der Waals surface area (Å²) >= 11 is 13.6. The summed E-state index contributed by atoms with van der Waals surface area (Å²) in [5.41, 5.74) is 6.13. The minimum atomic E-state index is -0.882. The monoisotopic (exact) mass is 387 g/mol. The fraction of sp³-hybridized carbons (Fsp3) is 0.400. The molecule has 2 aliphatic rings. The van der Waals surface area contributed by atoms with Crippen LogP contribution in [0.25, 0.3) is 0 Å². The molecular formula is C15H19Cl2N5OS. The molecule has 0 bridgehead atoms. The number of hydrogen-bond donors (Lipinski definition) is 3. The maximum Gasteiger partial charge on any atom is 0.205 e. The topological polar surface area (TPSA) is 77.1 Å². The van der Waals surface area contributed by atoms with Gasteiger partial charge in [0.1, 0.15) is 5.82 Å². The van der Waals surface area contributed by atoms with Gasteiger partial charge in [0.2, 0.25) is 5.96 Å². The smallest absolute Gasteiger partial charge is 0.205 e. The van der Waals surface area contributed by atoms with Gasteiger partial charge >= 0.3 is 0 Å². The number of aliphatic hydroxyl groups is 1. The van der Waals surface area contributed by atoms with Gasteiger partial charge in [-0.3, -0.25) is 0 Å². The molecule has 9 heteroatoms. The van der Waals surface area contributed by atoms with Crippen molar-refractivity contribution in [2.45, 2.75) is 11.1 Å². The van der Waals surface area contributed by atoms with E-state index < -0.39 is 6.23 Å². The van der Waals surface area contributed by atoms with Crippen molar-refractivity contribution in [3.05, 3.63) is 39.0 Å². The number of nitrogens with one attached hydrogen (secondary N) is 1. The highest BCUT2D eigenvalue weighted by Crippen LogP contribution is 2.40. The zero-order chi connectivity index (χ0) is 17.3. The molecule has 24 heavy (non-hydrogen) atoms. The number of aliphatic hydroxyl groups excluding tert-OH is 1. The maximum absolute atomic E-state index is 10.7. The standard InChI is InChI=1S/C15H19Cl2N5OS/c1-21-14(23)12(24-10-4-2-3-9(16)11(10)17)13(18)20-15(21)22-7-5-19-6-8-22/h2-4,14,19,23H,5-8,18H2,1H3. The van der Waals surface area contributed by atoms with Gasteiger partial charge in [0, 0.05) is 38.1 Å². The first-order chi connectivity index (χ1) is 11.5. The van der Waals surface area contributed by atoms with Crippen molar-refractivity contribution in [3.63, 3.8) is 0 Å². The van der Waals surface area contributed by atoms with Crippen molar-refractivity contribution < 1.29 is 5.11 Å². The quantitative estimate of drug-likeness (QED) is 0.717. The van der Waals surface area contributed by atoms with E-state index in [4.69, 9.17) is 28.9 Å². The van der Waals surface area contributed by atoms with E-state index in [1.807, 2.05) is 12.1 Å². The molecule has 2 aliphatic heterocycles. The summed E-state index contributed by atoms with van der Waals surface area (Å²) in [4.78, 5) is 9.62. The zero-order valence-corrected chi connectivity index (χ0v) is 15.5. The van der Waals surface area contributed by atoms with Gasteiger partial charge in [0.05, 0.1) is 15.0 Å². The Morgan fingerprint density at radius 3 is 2.75 bits per heavy atom. The Morgan fingerprint density at radius 2 is 2.04 bits per heavy atom. The molecule has 130 valence electrons. The normalized spacial score (nSPS) is 22.0. The van der Waals surface area contributed by atoms with Crippen LogP contribution in [-0.4, -0.2) is 60.3 Å². The number of benzene rings is 1. The lowest BCUT2D eigenvalue weighted by Gasteiger charge is -2.39. The van der Waals surface area contributed by atoms with Gasteiger partial charge in [-0.15, -0.1) is 0 Å². The van der Waals surface area contributed by atoms with E-state index >= 15 is 0 Å². The van der Waals surface area contributed by atoms with Gasteiger partial charge in [-0.05, 0) is 12.1 Å². The summed E-state index contributed by atoms with van der Waals surface area (Å²) in [5, 5.41) is 14.9. The molecule has 6 nitrogen and oxygen atoms in total. The van der Waals surface area contributed by atoms with Crippen LogP contribution in [0.4, 0.5) is 0 Å². The number of rotatable bonds is 2. The number of halogens is 2. The van der Waals surface area contributed by atoms with Gasteiger partial charge in [-0.1, -0.05) is 41.0 Å². The van der Waals surface area contributed by atoms with Crippen molar-refractivity contribution in [2.75, 3.05) is 33.2 Å². The van der Waals surface area contributed by atoms with Gasteiger partial charge in [0.25, 0.3) is 0 Å². The van der Waals surface area contributed by atoms with Crippen LogP contribution in [0.15, 0.2) is 38.8 Å². The second-order valence-corrected chi connectivity index (χ2v) is 7.41. The molecule has 1 saturated heterocycles. The van der Waals surface area contributed by atoms with E-state index in [0.29, 0.717) is 26.7 Å². The number of thioether (sulfide) groups is 1. The van der Waals surface area contributed by atoms with Crippen molar-refractivity contribution >= 4 is 40.9 Å². The number of piperazine rings is 1. The third-order valence-electron chi connectivity index (χ3n) is 3.93. The number of hydrogen-bond acceptors (Lipinski definition) is 7. The Kier molecular flexibility index (Phi) is 5.46. The highest BCUT2D eigenvalue weighted by atomic mass is 35.5. The van der Waals surface area contributed by atoms with Crippen LogP contribution in [0, 0.1) is 0 Å². The highest BCUT2D eigenvalue weighted by Gasteiger charge is 2.31. The molecule has 0 saturated carbocycles. The summed E-state index contributed by atoms with van der Waals surface area (Å²) in [6.07, 6.45) is -0.882. The molecule has 1 fully saturated rings. The average Bonchev–Trinajstić information content (AvgIpc) is 2.59. The van der Waals surface area contributed by atoms with Crippen LogP contribution in [-0.2, 0) is 0 Å². The molecule has 0 amide bonds. The van der Waals surface area contributed by atoms with Crippen LogP contribution in [0.3, 0.4) is 0 Å². The molecule has 1 unspecified atom stereocenters. The first-order valence-corrected chi connectivity index (χ1v) is 9.13. The number of likely N-dealkylation sites (N-methyl/N-ethyl adjacent to an activating group) is 1. The fourth-order valence-electron chi connectivity index (χ4n) is 2.60. The zero-order valence-electron chi connectivity index (χ0n) is 13.2. The Labute approximate surface area is 155 Å². The molecule has 1 aromatic carbocycles. The fourth-order valence-corrected chi connectivity index (χ4v) is 4.07. The summed E-state index contributed by atoms with van der Waals surface area (Å²) < 4.78 is 0. The van der Waals surface area contributed by atoms with Crippen LogP contribution in [0.1, 0.15) is 0 Å². The molecule has 0 aliphatic carbocycles. The van der Waals surface area contributed by atoms with Crippen LogP contribution < -0.4 is 11.1 Å². The second kappa shape index (κ2) is 7.41. The minimum absolute atomic E-state index is 0.301. The van der Waals surface area contributed by atoms with Gasteiger partial charge in [-0.25, -0.2) is 0 Å². The summed E-state index contributed by atoms with van der Waals surface area (Å²) in [6, 6.07) is 5.36. The second-order valence-electron chi connectivity index (χ2n) is 5.54. The Hall–Kier alpha value is -1.12. The number of aliphatic imine (C=N–C) groups is 1. The SMILES string of the molecule is CN1C(N2CCNCC2)=NC(N)=C(Sc2cccc(Cl)c2Cl)C1O. The Bertz CT molecular complexity index is 690. The first-order valence-electron chi connectivity index (χ1n) is 7.56. The number of nitrogens with two attached hydrogens (primary N) is 1. The van der Waals surface area contributed by atoms with Crippen LogP contribution in [0.2, 0.25) is 10.0 Å². The lowest BCUT2D eigenvalue weighted by Crippen LogP contribution is -2.55. The van der Waals surface area contributed by atoms with E-state index in [1.165, 1.54) is 11.8 Å². The third-order valence-corrected chi connectivity index (χ3v) is 6.06. The van der Waals surface area contributed by atoms with Crippen molar-refractivity contribution in [1.82, 2.24) is 15.1 Å². The Morgan fingerprint density at radius 1 is 1.33 bits per heavy atom. The summed E-state index contributed by atoms with van der Waals surface area (Å²) in [6.45, 7) is 3.41. The third kappa shape index (κ3) is 3.45. The molecule has 1 aromatic rings. The Balaban J connectivity index is 1.89. The van der Waals surface area contributed by atoms with Gasteiger partial charge in [0.15, 0.2) is 6.23 Å². The molecule has 3 rings (SSSR count). The van der Waals surface area contributed by atoms with E-state index in [9.17, 15) is 5.11 Å². The van der Waals surface area contributed by atoms with Crippen molar-refractivity contribution in [3.8, 4) is 0 Å². The number of nitrogens with zero attached hydrogens (tertiary/aromatic N) is 3. The number of guanidine groups is 1. The first kappa shape index (κ1) is 17.7. The molecule has 1 atom stereocenters. The van der Waals surface area contributed by atoms with E-state index in [2.05, 4.69) is 15.2 Å². The molecule has 4 N–H and O–H groups in total. The molecule has 0 radical (unpaired) electrons. The van der Waals surface area contributed by atoms with E-state index in [-0.39, 0.29) is 0 Å². The maximum atomic E-state index is 10.7. The van der Waals surface area contributed by atoms with Crippen LogP contribution >= 0.6 is 35.0 Å². The lowest BCUT2D eigenvalue weighted by atomic mass is 10.3. The average molecular weight is 388 g/mol. The largest absolute Gasteiger partial charge is 0.383 e. The molecular weight excluding hydrogens is 369 g/mol. The predicted molar refractivity (Wildman–Crippen MR) is 99.2 cm³/mol. The predicted octanol–water partition coefficient (Wildman–Crippen LogP) is 1.74. The highest BCUT2D eigenvalue weighted by molar-refractivity contribution is 8.03. The van der Waals surface area contributed by atoms with E-state index in [0.717, 1.165) is 31.1 Å². The van der Waals surface area contributed by atoms with E-state index in [1.54, 1.807) is 18.0 Å². The van der Waals surface area contributed by atoms with Crippen molar-refractivity contribution in [2.24, 2.45) is 10.7 Å². The van der Waals surface area contributed by atoms with Gasteiger partial charge < -0.3 is 26.0 Å². The minimum Gasteiger partial charge on any atom is -0.383 e. The summed E-state index contributed by atoms with van der Waals surface area (Å²) in [7, 11) is 1.80. The van der Waals surface area contributed by atoms with Gasteiger partial charge in [-0.2, -0.15) is 4.99 Å². The summed E-state index contributed by atoms with van der Waals surface area (Å²) in [5.74, 6) is 0.984. The van der Waals surface area contributed by atoms with Crippen molar-refractivity contribution in [1.29, 1.82) is 0 Å². The van der Waals surface area contributed by atoms with Crippen LogP contribution in [0.5, 0.6) is 0 Å². The lowest BCUT2D eigenvalue weighted by molar-refractivity contribution is 0.0937. The molecule has 0 spiro atoms. The molecule has 2 heterocycles. The molecule has 0 aromatic heterocycles.